The van der Waals surface area contributed by atoms with Crippen LogP contribution in [-0.4, -0.2) is 59.5 Å². The van der Waals surface area contributed by atoms with Gasteiger partial charge in [0.25, 0.3) is 0 Å². The Balaban J connectivity index is 1.43. The molecule has 0 spiro atoms. The predicted molar refractivity (Wildman–Crippen MR) is 119 cm³/mol. The van der Waals surface area contributed by atoms with Crippen molar-refractivity contribution in [2.45, 2.75) is 25.2 Å². The lowest BCUT2D eigenvalue weighted by molar-refractivity contribution is -0.131. The van der Waals surface area contributed by atoms with E-state index in [2.05, 4.69) is 5.10 Å². The van der Waals surface area contributed by atoms with Crippen LogP contribution in [0.2, 0.25) is 0 Å². The second-order valence-electron chi connectivity index (χ2n) is 7.67. The van der Waals surface area contributed by atoms with Crippen LogP contribution in [0.25, 0.3) is 5.69 Å². The van der Waals surface area contributed by atoms with Crippen molar-refractivity contribution in [2.75, 3.05) is 26.2 Å². The lowest BCUT2D eigenvalue weighted by Gasteiger charge is -2.34. The quantitative estimate of drug-likeness (QED) is 0.614. The fraction of sp³-hybridized carbons (Fsp3) is 0.304. The zero-order valence-electron chi connectivity index (χ0n) is 17.7. The monoisotopic (exact) mass is 438 g/mol. The van der Waals surface area contributed by atoms with Crippen molar-refractivity contribution in [3.05, 3.63) is 77.6 Å². The summed E-state index contributed by atoms with van der Waals surface area (Å²) in [5.41, 5.74) is 3.66. The average molecular weight is 439 g/mol. The molecule has 0 aliphatic carbocycles. The van der Waals surface area contributed by atoms with Gasteiger partial charge in [-0.3, -0.25) is 4.79 Å². The van der Waals surface area contributed by atoms with Gasteiger partial charge in [0.2, 0.25) is 15.9 Å². The summed E-state index contributed by atoms with van der Waals surface area (Å²) < 4.78 is 28.9. The summed E-state index contributed by atoms with van der Waals surface area (Å²) in [5, 5.41) is 4.61. The highest BCUT2D eigenvalue weighted by molar-refractivity contribution is 7.89. The molecule has 162 valence electrons. The van der Waals surface area contributed by atoms with Gasteiger partial charge in [0.1, 0.15) is 0 Å². The number of para-hydroxylation sites is 1. The van der Waals surface area contributed by atoms with E-state index in [1.807, 2.05) is 48.9 Å². The molecule has 7 nitrogen and oxygen atoms in total. The molecule has 1 saturated heterocycles. The molecule has 1 aliphatic heterocycles. The number of hydrogen-bond donors (Lipinski definition) is 0. The van der Waals surface area contributed by atoms with Gasteiger partial charge in [-0.2, -0.15) is 9.40 Å². The number of hydrogen-bond acceptors (Lipinski definition) is 4. The van der Waals surface area contributed by atoms with Crippen molar-refractivity contribution in [2.24, 2.45) is 0 Å². The third-order valence-corrected chi connectivity index (χ3v) is 7.66. The minimum atomic E-state index is -3.53. The number of carbonyl (C=O) groups excluding carboxylic acids is 1. The second-order valence-corrected chi connectivity index (χ2v) is 9.61. The zero-order chi connectivity index (χ0) is 22.0. The Kier molecular flexibility index (Phi) is 5.93. The van der Waals surface area contributed by atoms with Crippen molar-refractivity contribution < 1.29 is 13.2 Å². The molecule has 4 rings (SSSR count). The molecular formula is C23H26N4O3S. The molecule has 1 amide bonds. The van der Waals surface area contributed by atoms with E-state index < -0.39 is 10.0 Å². The summed E-state index contributed by atoms with van der Waals surface area (Å²) in [5.74, 6) is -0.00410. The SMILES string of the molecule is Cc1nn(-c2ccccc2)c(C)c1CC(=O)N1CCN(S(=O)(=O)c2ccccc2)CC1. The summed E-state index contributed by atoms with van der Waals surface area (Å²) in [6.07, 6.45) is 0.260. The Bertz CT molecular complexity index is 1170. The van der Waals surface area contributed by atoms with E-state index in [4.69, 9.17) is 0 Å². The first kappa shape index (κ1) is 21.3. The van der Waals surface area contributed by atoms with Gasteiger partial charge in [-0.25, -0.2) is 13.1 Å². The Morgan fingerprint density at radius 2 is 1.48 bits per heavy atom. The molecule has 31 heavy (non-hydrogen) atoms. The van der Waals surface area contributed by atoms with E-state index in [0.717, 1.165) is 22.6 Å². The molecule has 0 saturated carbocycles. The summed E-state index contributed by atoms with van der Waals surface area (Å²) in [4.78, 5) is 15.0. The third-order valence-electron chi connectivity index (χ3n) is 5.74. The number of piperazine rings is 1. The smallest absolute Gasteiger partial charge is 0.243 e. The number of aryl methyl sites for hydroxylation is 1. The van der Waals surface area contributed by atoms with Crippen molar-refractivity contribution in [3.8, 4) is 5.69 Å². The Labute approximate surface area is 183 Å². The molecule has 0 unspecified atom stereocenters. The molecule has 3 aromatic rings. The molecule has 1 aromatic heterocycles. The van der Waals surface area contributed by atoms with Crippen molar-refractivity contribution in [1.82, 2.24) is 19.0 Å². The summed E-state index contributed by atoms with van der Waals surface area (Å²) in [7, 11) is -3.53. The first-order chi connectivity index (χ1) is 14.9. The third kappa shape index (κ3) is 4.26. The van der Waals surface area contributed by atoms with Crippen LogP contribution in [0.3, 0.4) is 0 Å². The maximum absolute atomic E-state index is 13.0. The molecule has 1 fully saturated rings. The summed E-state index contributed by atoms with van der Waals surface area (Å²) in [6.45, 7) is 5.25. The van der Waals surface area contributed by atoms with E-state index in [-0.39, 0.29) is 17.2 Å². The predicted octanol–water partition coefficient (Wildman–Crippen LogP) is 2.56. The maximum Gasteiger partial charge on any atom is 0.243 e. The zero-order valence-corrected chi connectivity index (χ0v) is 18.5. The normalized spacial score (nSPS) is 15.2. The van der Waals surface area contributed by atoms with Crippen molar-refractivity contribution >= 4 is 15.9 Å². The standard InChI is InChI=1S/C23H26N4O3S/c1-18-22(19(2)27(24-18)20-9-5-3-6-10-20)17-23(28)25-13-15-26(16-14-25)31(29,30)21-11-7-4-8-12-21/h3-12H,13-17H2,1-2H3. The Hall–Kier alpha value is -2.97. The van der Waals surface area contributed by atoms with Crippen LogP contribution in [0.4, 0.5) is 0 Å². The minimum absolute atomic E-state index is 0.00410. The molecule has 2 aromatic carbocycles. The topological polar surface area (TPSA) is 75.5 Å². The van der Waals surface area contributed by atoms with Crippen LogP contribution in [0.1, 0.15) is 17.0 Å². The van der Waals surface area contributed by atoms with E-state index in [1.54, 1.807) is 35.2 Å². The van der Waals surface area contributed by atoms with Crippen LogP contribution in [-0.2, 0) is 21.2 Å². The number of rotatable bonds is 5. The average Bonchev–Trinajstić information content (AvgIpc) is 3.08. The van der Waals surface area contributed by atoms with E-state index in [1.165, 1.54) is 4.31 Å². The fourth-order valence-electron chi connectivity index (χ4n) is 3.93. The molecule has 2 heterocycles. The van der Waals surface area contributed by atoms with Gasteiger partial charge in [-0.15, -0.1) is 0 Å². The number of aromatic nitrogens is 2. The molecule has 0 atom stereocenters. The van der Waals surface area contributed by atoms with Crippen molar-refractivity contribution in [1.29, 1.82) is 0 Å². The number of sulfonamides is 1. The minimum Gasteiger partial charge on any atom is -0.340 e. The van der Waals surface area contributed by atoms with E-state index in [9.17, 15) is 13.2 Å². The second kappa shape index (κ2) is 8.64. The Morgan fingerprint density at radius 3 is 2.10 bits per heavy atom. The van der Waals surface area contributed by atoms with Crippen molar-refractivity contribution in [3.63, 3.8) is 0 Å². The largest absolute Gasteiger partial charge is 0.340 e. The first-order valence-electron chi connectivity index (χ1n) is 10.3. The number of benzene rings is 2. The lowest BCUT2D eigenvalue weighted by atomic mass is 10.1. The number of nitrogens with zero attached hydrogens (tertiary/aromatic N) is 4. The molecular weight excluding hydrogens is 412 g/mol. The summed E-state index contributed by atoms with van der Waals surface area (Å²) >= 11 is 0. The number of amides is 1. The molecule has 0 radical (unpaired) electrons. The van der Waals surface area contributed by atoms with Gasteiger partial charge in [0.15, 0.2) is 0 Å². The fourth-order valence-corrected chi connectivity index (χ4v) is 5.38. The first-order valence-corrected chi connectivity index (χ1v) is 11.8. The highest BCUT2D eigenvalue weighted by atomic mass is 32.2. The van der Waals surface area contributed by atoms with Crippen LogP contribution < -0.4 is 0 Å². The van der Waals surface area contributed by atoms with Gasteiger partial charge in [0, 0.05) is 37.4 Å². The summed E-state index contributed by atoms with van der Waals surface area (Å²) in [6, 6.07) is 18.3. The molecule has 0 bridgehead atoms. The highest BCUT2D eigenvalue weighted by Crippen LogP contribution is 2.21. The van der Waals surface area contributed by atoms with Gasteiger partial charge in [-0.05, 0) is 38.1 Å². The van der Waals surface area contributed by atoms with Crippen LogP contribution in [0.5, 0.6) is 0 Å². The van der Waals surface area contributed by atoms with Gasteiger partial charge in [0.05, 0.1) is 22.7 Å². The van der Waals surface area contributed by atoms with Crippen LogP contribution >= 0.6 is 0 Å². The van der Waals surface area contributed by atoms with Crippen LogP contribution in [0.15, 0.2) is 65.6 Å². The van der Waals surface area contributed by atoms with Crippen LogP contribution in [0, 0.1) is 13.8 Å². The number of carbonyl (C=O) groups is 1. The highest BCUT2D eigenvalue weighted by Gasteiger charge is 2.30. The molecule has 0 N–H and O–H groups in total. The molecule has 8 heteroatoms. The Morgan fingerprint density at radius 1 is 0.903 bits per heavy atom. The van der Waals surface area contributed by atoms with E-state index >= 15 is 0 Å². The lowest BCUT2D eigenvalue weighted by Crippen LogP contribution is -2.50. The van der Waals surface area contributed by atoms with Gasteiger partial charge < -0.3 is 4.90 Å². The van der Waals surface area contributed by atoms with Gasteiger partial charge in [-0.1, -0.05) is 36.4 Å². The molecule has 1 aliphatic rings. The van der Waals surface area contributed by atoms with E-state index in [0.29, 0.717) is 26.2 Å². The maximum atomic E-state index is 13.0. The van der Waals surface area contributed by atoms with Gasteiger partial charge >= 0.3 is 0 Å².